The minimum atomic E-state index is -4.00. The fourth-order valence-corrected chi connectivity index (χ4v) is 4.45. The standard InChI is InChI=1S/C19H25N3O6S/c1-4-13-11(2)10-22(18(13)23)19(24)21-9-12-5-6-28-15-8-16(27-3)17(7-14(12)15)29(20,25)26/h7-8,12H,4-6,9-10H2,1-3H3,(H,21,24)(H2,20,25,26). The van der Waals surface area contributed by atoms with Crippen molar-refractivity contribution in [2.75, 3.05) is 26.8 Å². The number of methoxy groups -OCH3 is 1. The van der Waals surface area contributed by atoms with Crippen molar-refractivity contribution in [3.8, 4) is 11.5 Å². The Balaban J connectivity index is 1.78. The van der Waals surface area contributed by atoms with Gasteiger partial charge in [-0.15, -0.1) is 0 Å². The Hall–Kier alpha value is -2.59. The van der Waals surface area contributed by atoms with Crippen molar-refractivity contribution in [2.24, 2.45) is 5.14 Å². The van der Waals surface area contributed by atoms with Crippen molar-refractivity contribution in [3.63, 3.8) is 0 Å². The van der Waals surface area contributed by atoms with Crippen LogP contribution in [0.4, 0.5) is 4.79 Å². The summed E-state index contributed by atoms with van der Waals surface area (Å²) in [6.45, 7) is 4.66. The Labute approximate surface area is 169 Å². The van der Waals surface area contributed by atoms with E-state index < -0.39 is 16.1 Å². The maximum absolute atomic E-state index is 12.5. The van der Waals surface area contributed by atoms with E-state index in [1.165, 1.54) is 24.1 Å². The molecule has 0 aliphatic carbocycles. The zero-order chi connectivity index (χ0) is 21.3. The molecule has 3 rings (SSSR count). The van der Waals surface area contributed by atoms with Crippen molar-refractivity contribution >= 4 is 22.0 Å². The van der Waals surface area contributed by atoms with Crippen LogP contribution in [-0.4, -0.2) is 52.1 Å². The summed E-state index contributed by atoms with van der Waals surface area (Å²) in [6, 6.07) is 2.46. The van der Waals surface area contributed by atoms with Gasteiger partial charge in [0, 0.05) is 29.7 Å². The number of amides is 3. The third kappa shape index (κ3) is 4.08. The molecule has 0 radical (unpaired) electrons. The van der Waals surface area contributed by atoms with Gasteiger partial charge in [-0.3, -0.25) is 9.69 Å². The molecule has 1 unspecified atom stereocenters. The van der Waals surface area contributed by atoms with Crippen LogP contribution in [-0.2, 0) is 14.8 Å². The lowest BCUT2D eigenvalue weighted by atomic mass is 9.93. The van der Waals surface area contributed by atoms with Crippen molar-refractivity contribution in [1.29, 1.82) is 0 Å². The maximum Gasteiger partial charge on any atom is 0.324 e. The van der Waals surface area contributed by atoms with E-state index in [4.69, 9.17) is 14.6 Å². The zero-order valence-electron chi connectivity index (χ0n) is 16.6. The molecule has 1 atom stereocenters. The number of carbonyl (C=O) groups excluding carboxylic acids is 2. The molecule has 9 nitrogen and oxygen atoms in total. The molecule has 0 saturated carbocycles. The normalized spacial score (nSPS) is 19.1. The summed E-state index contributed by atoms with van der Waals surface area (Å²) in [5.41, 5.74) is 2.19. The van der Waals surface area contributed by atoms with Crippen LogP contribution in [0.15, 0.2) is 28.2 Å². The summed E-state index contributed by atoms with van der Waals surface area (Å²) in [5, 5.41) is 8.09. The molecule has 0 aromatic heterocycles. The largest absolute Gasteiger partial charge is 0.495 e. The quantitative estimate of drug-likeness (QED) is 0.738. The SMILES string of the molecule is CCC1=C(C)CN(C(=O)NCC2CCOc3cc(OC)c(S(N)(=O)=O)cc32)C1=O. The maximum atomic E-state index is 12.5. The highest BCUT2D eigenvalue weighted by Gasteiger charge is 2.32. The second-order valence-corrected chi connectivity index (χ2v) is 8.64. The Kier molecular flexibility index (Phi) is 5.85. The molecule has 1 aromatic carbocycles. The monoisotopic (exact) mass is 423 g/mol. The first-order valence-electron chi connectivity index (χ1n) is 9.33. The average molecular weight is 423 g/mol. The molecule has 2 aliphatic rings. The zero-order valence-corrected chi connectivity index (χ0v) is 17.5. The van der Waals surface area contributed by atoms with E-state index in [9.17, 15) is 18.0 Å². The van der Waals surface area contributed by atoms with E-state index in [0.29, 0.717) is 36.3 Å². The van der Waals surface area contributed by atoms with E-state index in [2.05, 4.69) is 5.32 Å². The van der Waals surface area contributed by atoms with Gasteiger partial charge in [0.05, 0.1) is 20.3 Å². The molecule has 0 fully saturated rings. The van der Waals surface area contributed by atoms with Gasteiger partial charge in [0.2, 0.25) is 10.0 Å². The van der Waals surface area contributed by atoms with Crippen LogP contribution < -0.4 is 19.9 Å². The van der Waals surface area contributed by atoms with Crippen molar-refractivity contribution in [3.05, 3.63) is 28.8 Å². The van der Waals surface area contributed by atoms with E-state index in [0.717, 1.165) is 5.57 Å². The molecule has 158 valence electrons. The number of urea groups is 1. The number of nitrogens with two attached hydrogens (primary N) is 1. The van der Waals surface area contributed by atoms with Gasteiger partial charge >= 0.3 is 6.03 Å². The summed E-state index contributed by atoms with van der Waals surface area (Å²) < 4.78 is 34.6. The molecule has 3 amide bonds. The molecule has 0 spiro atoms. The lowest BCUT2D eigenvalue weighted by Crippen LogP contribution is -2.43. The first-order valence-corrected chi connectivity index (χ1v) is 10.9. The van der Waals surface area contributed by atoms with Crippen LogP contribution in [0.1, 0.15) is 38.2 Å². The van der Waals surface area contributed by atoms with Gasteiger partial charge in [0.1, 0.15) is 16.4 Å². The average Bonchev–Trinajstić information content (AvgIpc) is 2.97. The number of fused-ring (bicyclic) bond motifs is 1. The number of primary sulfonamides is 1. The number of benzene rings is 1. The number of rotatable bonds is 5. The molecule has 2 heterocycles. The first kappa shape index (κ1) is 21.1. The molecular formula is C19H25N3O6S. The van der Waals surface area contributed by atoms with E-state index in [1.807, 2.05) is 13.8 Å². The highest BCUT2D eigenvalue weighted by atomic mass is 32.2. The van der Waals surface area contributed by atoms with E-state index in [1.54, 1.807) is 0 Å². The van der Waals surface area contributed by atoms with Crippen LogP contribution in [0.25, 0.3) is 0 Å². The van der Waals surface area contributed by atoms with Gasteiger partial charge in [-0.25, -0.2) is 18.4 Å². The number of hydrogen-bond acceptors (Lipinski definition) is 6. The third-order valence-electron chi connectivity index (χ3n) is 5.28. The Morgan fingerprint density at radius 3 is 2.72 bits per heavy atom. The van der Waals surface area contributed by atoms with Crippen LogP contribution in [0, 0.1) is 0 Å². The van der Waals surface area contributed by atoms with Gasteiger partial charge in [-0.2, -0.15) is 0 Å². The Morgan fingerprint density at radius 2 is 2.14 bits per heavy atom. The number of ether oxygens (including phenoxy) is 2. The van der Waals surface area contributed by atoms with Crippen molar-refractivity contribution < 1.29 is 27.5 Å². The minimum Gasteiger partial charge on any atom is -0.495 e. The van der Waals surface area contributed by atoms with E-state index in [-0.39, 0.29) is 35.6 Å². The predicted octanol–water partition coefficient (Wildman–Crippen LogP) is 1.49. The molecule has 10 heteroatoms. The number of carbonyl (C=O) groups is 2. The van der Waals surface area contributed by atoms with E-state index >= 15 is 0 Å². The second kappa shape index (κ2) is 8.03. The third-order valence-corrected chi connectivity index (χ3v) is 6.21. The number of hydrogen-bond donors (Lipinski definition) is 2. The molecule has 2 aliphatic heterocycles. The van der Waals surface area contributed by atoms with Gasteiger partial charge in [0.15, 0.2) is 0 Å². The predicted molar refractivity (Wildman–Crippen MR) is 105 cm³/mol. The molecule has 3 N–H and O–H groups in total. The Morgan fingerprint density at radius 1 is 1.41 bits per heavy atom. The highest BCUT2D eigenvalue weighted by Crippen LogP contribution is 2.39. The number of nitrogens with zero attached hydrogens (tertiary/aromatic N) is 1. The fourth-order valence-electron chi connectivity index (χ4n) is 3.73. The minimum absolute atomic E-state index is 0.104. The van der Waals surface area contributed by atoms with Crippen molar-refractivity contribution in [1.82, 2.24) is 10.2 Å². The highest BCUT2D eigenvalue weighted by molar-refractivity contribution is 7.89. The summed E-state index contributed by atoms with van der Waals surface area (Å²) in [6.07, 6.45) is 1.16. The lowest BCUT2D eigenvalue weighted by Gasteiger charge is -2.28. The van der Waals surface area contributed by atoms with Crippen LogP contribution in [0.2, 0.25) is 0 Å². The van der Waals surface area contributed by atoms with Gasteiger partial charge in [-0.05, 0) is 31.4 Å². The molecule has 29 heavy (non-hydrogen) atoms. The summed E-state index contributed by atoms with van der Waals surface area (Å²) in [7, 11) is -2.64. The van der Waals surface area contributed by atoms with Gasteiger partial charge in [0.25, 0.3) is 5.91 Å². The second-order valence-electron chi connectivity index (χ2n) is 7.11. The topological polar surface area (TPSA) is 128 Å². The molecule has 0 saturated heterocycles. The smallest absolute Gasteiger partial charge is 0.324 e. The summed E-state index contributed by atoms with van der Waals surface area (Å²) in [5.74, 6) is 0.137. The number of imide groups is 1. The molecule has 0 bridgehead atoms. The fraction of sp³-hybridized carbons (Fsp3) is 0.474. The summed E-state index contributed by atoms with van der Waals surface area (Å²) in [4.78, 5) is 26.0. The van der Waals surface area contributed by atoms with Crippen LogP contribution >= 0.6 is 0 Å². The van der Waals surface area contributed by atoms with Gasteiger partial charge < -0.3 is 14.8 Å². The van der Waals surface area contributed by atoms with Crippen LogP contribution in [0.5, 0.6) is 11.5 Å². The van der Waals surface area contributed by atoms with Crippen molar-refractivity contribution in [2.45, 2.75) is 37.5 Å². The van der Waals surface area contributed by atoms with Gasteiger partial charge in [-0.1, -0.05) is 6.92 Å². The molecule has 1 aromatic rings. The summed E-state index contributed by atoms with van der Waals surface area (Å²) >= 11 is 0. The Bertz CT molecular complexity index is 986. The molecular weight excluding hydrogens is 398 g/mol. The van der Waals surface area contributed by atoms with Crippen LogP contribution in [0.3, 0.4) is 0 Å². The number of sulfonamides is 1. The number of nitrogens with one attached hydrogen (secondary N) is 1. The lowest BCUT2D eigenvalue weighted by molar-refractivity contribution is -0.123. The first-order chi connectivity index (χ1) is 13.7.